The zero-order valence-corrected chi connectivity index (χ0v) is 7.21. The maximum Gasteiger partial charge on any atom is 0.306 e. The lowest BCUT2D eigenvalue weighted by Gasteiger charge is -2.12. The highest BCUT2D eigenvalue weighted by Crippen LogP contribution is 2.35. The maximum atomic E-state index is 10.6. The Labute approximate surface area is 67.6 Å². The number of rotatable bonds is 2. The molecular weight excluding hydrogens is 140 g/mol. The molecule has 0 aliphatic heterocycles. The van der Waals surface area contributed by atoms with Crippen LogP contribution in [-0.4, -0.2) is 11.1 Å². The highest BCUT2D eigenvalue weighted by Gasteiger charge is 2.30. The molecule has 1 fully saturated rings. The van der Waals surface area contributed by atoms with Crippen molar-refractivity contribution in [2.45, 2.75) is 33.1 Å². The highest BCUT2D eigenvalue weighted by molar-refractivity contribution is 5.70. The molecule has 1 aliphatic carbocycles. The number of carboxylic acid groups (broad SMARTS) is 1. The summed E-state index contributed by atoms with van der Waals surface area (Å²) < 4.78 is 0. The zero-order valence-electron chi connectivity index (χ0n) is 7.21. The van der Waals surface area contributed by atoms with Crippen LogP contribution in [0, 0.1) is 17.8 Å². The van der Waals surface area contributed by atoms with Crippen LogP contribution in [0.1, 0.15) is 33.1 Å². The van der Waals surface area contributed by atoms with Crippen molar-refractivity contribution in [3.8, 4) is 0 Å². The molecule has 0 radical (unpaired) electrons. The SMILES string of the molecule is CC(C)[C@H]1CC[C@@H](C(=O)O)C1. The van der Waals surface area contributed by atoms with E-state index in [-0.39, 0.29) is 5.92 Å². The lowest BCUT2D eigenvalue weighted by molar-refractivity contribution is -0.141. The van der Waals surface area contributed by atoms with E-state index in [4.69, 9.17) is 5.11 Å². The van der Waals surface area contributed by atoms with E-state index < -0.39 is 5.97 Å². The van der Waals surface area contributed by atoms with Crippen LogP contribution < -0.4 is 0 Å². The molecule has 0 heterocycles. The van der Waals surface area contributed by atoms with E-state index in [1.807, 2.05) is 0 Å². The molecule has 0 spiro atoms. The molecule has 0 bridgehead atoms. The van der Waals surface area contributed by atoms with Gasteiger partial charge in [0.15, 0.2) is 0 Å². The summed E-state index contributed by atoms with van der Waals surface area (Å²) in [4.78, 5) is 10.6. The Bertz CT molecular complexity index is 152. The molecule has 1 saturated carbocycles. The van der Waals surface area contributed by atoms with Gasteiger partial charge in [-0.05, 0) is 31.1 Å². The predicted molar refractivity (Wildman–Crippen MR) is 43.3 cm³/mol. The van der Waals surface area contributed by atoms with Crippen LogP contribution >= 0.6 is 0 Å². The van der Waals surface area contributed by atoms with Gasteiger partial charge < -0.3 is 5.11 Å². The van der Waals surface area contributed by atoms with Gasteiger partial charge in [0.25, 0.3) is 0 Å². The van der Waals surface area contributed by atoms with E-state index in [0.717, 1.165) is 19.3 Å². The first-order valence-corrected chi connectivity index (χ1v) is 4.34. The average Bonchev–Trinajstić information content (AvgIpc) is 2.33. The minimum absolute atomic E-state index is 0.0533. The summed E-state index contributed by atoms with van der Waals surface area (Å²) in [6.07, 6.45) is 2.89. The van der Waals surface area contributed by atoms with Crippen molar-refractivity contribution in [3.05, 3.63) is 0 Å². The monoisotopic (exact) mass is 156 g/mol. The topological polar surface area (TPSA) is 37.3 Å². The van der Waals surface area contributed by atoms with E-state index in [9.17, 15) is 4.79 Å². The van der Waals surface area contributed by atoms with Gasteiger partial charge in [0.2, 0.25) is 0 Å². The van der Waals surface area contributed by atoms with Gasteiger partial charge >= 0.3 is 5.97 Å². The summed E-state index contributed by atoms with van der Waals surface area (Å²) >= 11 is 0. The van der Waals surface area contributed by atoms with Gasteiger partial charge in [-0.25, -0.2) is 0 Å². The normalized spacial score (nSPS) is 31.2. The van der Waals surface area contributed by atoms with E-state index in [0.29, 0.717) is 11.8 Å². The summed E-state index contributed by atoms with van der Waals surface area (Å²) in [5.41, 5.74) is 0. The van der Waals surface area contributed by atoms with E-state index in [1.54, 1.807) is 0 Å². The average molecular weight is 156 g/mol. The van der Waals surface area contributed by atoms with Crippen molar-refractivity contribution in [1.82, 2.24) is 0 Å². The maximum absolute atomic E-state index is 10.6. The van der Waals surface area contributed by atoms with E-state index >= 15 is 0 Å². The minimum atomic E-state index is -0.604. The molecule has 0 aromatic heterocycles. The molecule has 0 amide bonds. The van der Waals surface area contributed by atoms with Crippen LogP contribution in [0.15, 0.2) is 0 Å². The summed E-state index contributed by atoms with van der Waals surface area (Å²) in [5.74, 6) is 0.644. The minimum Gasteiger partial charge on any atom is -0.481 e. The summed E-state index contributed by atoms with van der Waals surface area (Å²) in [7, 11) is 0. The van der Waals surface area contributed by atoms with Gasteiger partial charge in [-0.15, -0.1) is 0 Å². The number of aliphatic carboxylic acids is 1. The van der Waals surface area contributed by atoms with Gasteiger partial charge in [0.05, 0.1) is 5.92 Å². The quantitative estimate of drug-likeness (QED) is 0.665. The standard InChI is InChI=1S/C9H16O2/c1-6(2)7-3-4-8(5-7)9(10)11/h6-8H,3-5H2,1-2H3,(H,10,11)/t7-,8+/m0/s1. The van der Waals surface area contributed by atoms with Crippen LogP contribution in [-0.2, 0) is 4.79 Å². The lowest BCUT2D eigenvalue weighted by Crippen LogP contribution is -2.11. The van der Waals surface area contributed by atoms with Crippen molar-refractivity contribution < 1.29 is 9.90 Å². The number of hydrogen-bond acceptors (Lipinski definition) is 1. The molecule has 1 N–H and O–H groups in total. The highest BCUT2D eigenvalue weighted by atomic mass is 16.4. The van der Waals surface area contributed by atoms with E-state index in [1.165, 1.54) is 0 Å². The van der Waals surface area contributed by atoms with Crippen molar-refractivity contribution in [3.63, 3.8) is 0 Å². The zero-order chi connectivity index (χ0) is 8.43. The van der Waals surface area contributed by atoms with Gasteiger partial charge in [-0.1, -0.05) is 13.8 Å². The van der Waals surface area contributed by atoms with Crippen LogP contribution in [0.25, 0.3) is 0 Å². The van der Waals surface area contributed by atoms with Gasteiger partial charge in [-0.3, -0.25) is 4.79 Å². The smallest absolute Gasteiger partial charge is 0.306 e. The van der Waals surface area contributed by atoms with Crippen molar-refractivity contribution in [2.24, 2.45) is 17.8 Å². The van der Waals surface area contributed by atoms with Crippen LogP contribution in [0.3, 0.4) is 0 Å². The first kappa shape index (κ1) is 8.57. The summed E-state index contributed by atoms with van der Waals surface area (Å²) in [5, 5.41) is 8.71. The molecule has 0 aromatic rings. The van der Waals surface area contributed by atoms with Crippen molar-refractivity contribution in [2.75, 3.05) is 0 Å². The number of carboxylic acids is 1. The summed E-state index contributed by atoms with van der Waals surface area (Å²) in [6, 6.07) is 0. The molecule has 64 valence electrons. The molecule has 0 aromatic carbocycles. The largest absolute Gasteiger partial charge is 0.481 e. The van der Waals surface area contributed by atoms with Gasteiger partial charge in [0.1, 0.15) is 0 Å². The molecule has 2 atom stereocenters. The Balaban J connectivity index is 2.41. The molecule has 1 rings (SSSR count). The van der Waals surface area contributed by atoms with Crippen LogP contribution in [0.2, 0.25) is 0 Å². The predicted octanol–water partition coefficient (Wildman–Crippen LogP) is 2.14. The fourth-order valence-electron chi connectivity index (χ4n) is 1.85. The van der Waals surface area contributed by atoms with Gasteiger partial charge in [-0.2, -0.15) is 0 Å². The molecular formula is C9H16O2. The van der Waals surface area contributed by atoms with Crippen LogP contribution in [0.4, 0.5) is 0 Å². The first-order chi connectivity index (χ1) is 5.11. The second kappa shape index (κ2) is 3.24. The Hall–Kier alpha value is -0.530. The van der Waals surface area contributed by atoms with E-state index in [2.05, 4.69) is 13.8 Å². The summed E-state index contributed by atoms with van der Waals surface area (Å²) in [6.45, 7) is 4.35. The molecule has 0 saturated heterocycles. The lowest BCUT2D eigenvalue weighted by atomic mass is 9.93. The Kier molecular flexibility index (Phi) is 2.53. The molecule has 2 nitrogen and oxygen atoms in total. The van der Waals surface area contributed by atoms with Gasteiger partial charge in [0, 0.05) is 0 Å². The Morgan fingerprint density at radius 2 is 2.09 bits per heavy atom. The Morgan fingerprint density at radius 3 is 2.36 bits per heavy atom. The number of hydrogen-bond donors (Lipinski definition) is 1. The molecule has 11 heavy (non-hydrogen) atoms. The molecule has 0 unspecified atom stereocenters. The first-order valence-electron chi connectivity index (χ1n) is 4.34. The molecule has 2 heteroatoms. The third kappa shape index (κ3) is 1.95. The molecule has 1 aliphatic rings. The van der Waals surface area contributed by atoms with Crippen molar-refractivity contribution >= 4 is 5.97 Å². The Morgan fingerprint density at radius 1 is 1.45 bits per heavy atom. The third-order valence-corrected chi connectivity index (χ3v) is 2.77. The second-order valence-corrected chi connectivity index (χ2v) is 3.85. The second-order valence-electron chi connectivity index (χ2n) is 3.85. The fraction of sp³-hybridized carbons (Fsp3) is 0.889. The fourth-order valence-corrected chi connectivity index (χ4v) is 1.85. The van der Waals surface area contributed by atoms with Crippen LogP contribution in [0.5, 0.6) is 0 Å². The van der Waals surface area contributed by atoms with Crippen molar-refractivity contribution in [1.29, 1.82) is 0 Å². The third-order valence-electron chi connectivity index (χ3n) is 2.77. The number of carbonyl (C=O) groups is 1.